The molecule has 3 nitrogen and oxygen atoms in total. The molecule has 3 heteroatoms. The molecule has 0 atom stereocenters. The van der Waals surface area contributed by atoms with E-state index in [1.165, 1.54) is 0 Å². The fraction of sp³-hybridized carbons (Fsp3) is 0.778. The molecule has 0 spiro atoms. The zero-order chi connectivity index (χ0) is 9.40. The number of aliphatic carboxylic acids is 1. The topological polar surface area (TPSA) is 49.7 Å². The van der Waals surface area contributed by atoms with E-state index in [0.29, 0.717) is 18.7 Å². The van der Waals surface area contributed by atoms with Gasteiger partial charge < -0.3 is 5.11 Å². The Morgan fingerprint density at radius 3 is 2.42 bits per heavy atom. The van der Waals surface area contributed by atoms with Gasteiger partial charge in [0.05, 0.1) is 0 Å². The van der Waals surface area contributed by atoms with Crippen molar-refractivity contribution in [2.24, 2.45) is 4.99 Å². The summed E-state index contributed by atoms with van der Waals surface area (Å²) in [7, 11) is 0. The third-order valence-corrected chi connectivity index (χ3v) is 1.65. The Labute approximate surface area is 73.5 Å². The molecule has 0 aromatic rings. The SMILES string of the molecule is CCCCC/N=C(\CC)C(=O)O. The molecule has 0 radical (unpaired) electrons. The molecule has 0 saturated carbocycles. The molecular weight excluding hydrogens is 154 g/mol. The van der Waals surface area contributed by atoms with Gasteiger partial charge in [0, 0.05) is 6.54 Å². The summed E-state index contributed by atoms with van der Waals surface area (Å²) in [6, 6.07) is 0. The van der Waals surface area contributed by atoms with Gasteiger partial charge >= 0.3 is 5.97 Å². The molecule has 0 unspecified atom stereocenters. The normalized spacial score (nSPS) is 11.7. The zero-order valence-corrected chi connectivity index (χ0v) is 7.84. The van der Waals surface area contributed by atoms with Gasteiger partial charge in [-0.15, -0.1) is 0 Å². The predicted octanol–water partition coefficient (Wildman–Crippen LogP) is 2.11. The molecule has 1 N–H and O–H groups in total. The Morgan fingerprint density at radius 2 is 2.00 bits per heavy atom. The van der Waals surface area contributed by atoms with E-state index in [1.807, 2.05) is 6.92 Å². The molecular formula is C9H17NO2. The monoisotopic (exact) mass is 171 g/mol. The van der Waals surface area contributed by atoms with E-state index >= 15 is 0 Å². The van der Waals surface area contributed by atoms with Crippen molar-refractivity contribution in [3.05, 3.63) is 0 Å². The number of rotatable bonds is 6. The molecule has 0 aliphatic rings. The number of carboxylic acid groups (broad SMARTS) is 1. The van der Waals surface area contributed by atoms with Crippen LogP contribution in [-0.4, -0.2) is 23.3 Å². The van der Waals surface area contributed by atoms with Gasteiger partial charge in [-0.25, -0.2) is 4.79 Å². The van der Waals surface area contributed by atoms with E-state index in [1.54, 1.807) is 0 Å². The van der Waals surface area contributed by atoms with Crippen molar-refractivity contribution in [3.63, 3.8) is 0 Å². The maximum absolute atomic E-state index is 10.5. The number of unbranched alkanes of at least 4 members (excludes halogenated alkanes) is 2. The van der Waals surface area contributed by atoms with Crippen LogP contribution in [0.4, 0.5) is 0 Å². The fourth-order valence-electron chi connectivity index (χ4n) is 0.906. The van der Waals surface area contributed by atoms with Gasteiger partial charge in [-0.3, -0.25) is 4.99 Å². The Bertz CT molecular complexity index is 164. The highest BCUT2D eigenvalue weighted by Gasteiger charge is 2.04. The highest BCUT2D eigenvalue weighted by molar-refractivity contribution is 6.35. The van der Waals surface area contributed by atoms with E-state index < -0.39 is 5.97 Å². The lowest BCUT2D eigenvalue weighted by Crippen LogP contribution is -2.12. The summed E-state index contributed by atoms with van der Waals surface area (Å²) < 4.78 is 0. The molecule has 0 aromatic heterocycles. The second-order valence-corrected chi connectivity index (χ2v) is 2.69. The number of aliphatic imine (C=N–C) groups is 1. The summed E-state index contributed by atoms with van der Waals surface area (Å²) in [5.41, 5.74) is 0.297. The van der Waals surface area contributed by atoms with Gasteiger partial charge in [-0.05, 0) is 12.8 Å². The van der Waals surface area contributed by atoms with Crippen molar-refractivity contribution in [1.29, 1.82) is 0 Å². The van der Waals surface area contributed by atoms with Crippen molar-refractivity contribution in [2.45, 2.75) is 39.5 Å². The van der Waals surface area contributed by atoms with Gasteiger partial charge in [-0.1, -0.05) is 26.7 Å². The van der Waals surface area contributed by atoms with Gasteiger partial charge in [-0.2, -0.15) is 0 Å². The first-order valence-electron chi connectivity index (χ1n) is 4.49. The van der Waals surface area contributed by atoms with Gasteiger partial charge in [0.25, 0.3) is 0 Å². The standard InChI is InChI=1S/C9H17NO2/c1-3-5-6-7-10-8(4-2)9(11)12/h3-7H2,1-2H3,(H,11,12)/b10-8+. The Morgan fingerprint density at radius 1 is 1.33 bits per heavy atom. The molecule has 0 aliphatic carbocycles. The van der Waals surface area contributed by atoms with Crippen LogP contribution >= 0.6 is 0 Å². The van der Waals surface area contributed by atoms with Crippen molar-refractivity contribution < 1.29 is 9.90 Å². The molecule has 0 aromatic carbocycles. The van der Waals surface area contributed by atoms with Crippen LogP contribution in [0, 0.1) is 0 Å². The highest BCUT2D eigenvalue weighted by atomic mass is 16.4. The second-order valence-electron chi connectivity index (χ2n) is 2.69. The Balaban J connectivity index is 3.71. The van der Waals surface area contributed by atoms with Crippen molar-refractivity contribution >= 4 is 11.7 Å². The third-order valence-electron chi connectivity index (χ3n) is 1.65. The van der Waals surface area contributed by atoms with E-state index in [4.69, 9.17) is 5.11 Å². The highest BCUT2D eigenvalue weighted by Crippen LogP contribution is 1.95. The van der Waals surface area contributed by atoms with Crippen LogP contribution in [0.2, 0.25) is 0 Å². The number of hydrogen-bond donors (Lipinski definition) is 1. The maximum Gasteiger partial charge on any atom is 0.349 e. The van der Waals surface area contributed by atoms with Crippen LogP contribution < -0.4 is 0 Å². The lowest BCUT2D eigenvalue weighted by Gasteiger charge is -1.97. The average molecular weight is 171 g/mol. The smallest absolute Gasteiger partial charge is 0.349 e. The van der Waals surface area contributed by atoms with Crippen molar-refractivity contribution in [1.82, 2.24) is 0 Å². The predicted molar refractivity (Wildman–Crippen MR) is 49.8 cm³/mol. The van der Waals surface area contributed by atoms with E-state index in [9.17, 15) is 4.79 Å². The summed E-state index contributed by atoms with van der Waals surface area (Å²) in [4.78, 5) is 14.5. The average Bonchev–Trinajstić information content (AvgIpc) is 2.04. The van der Waals surface area contributed by atoms with Gasteiger partial charge in [0.2, 0.25) is 0 Å². The van der Waals surface area contributed by atoms with Gasteiger partial charge in [0.15, 0.2) is 0 Å². The molecule has 0 aliphatic heterocycles. The molecule has 0 bridgehead atoms. The summed E-state index contributed by atoms with van der Waals surface area (Å²) in [5, 5.41) is 8.60. The summed E-state index contributed by atoms with van der Waals surface area (Å²) in [6.07, 6.45) is 3.78. The quantitative estimate of drug-likeness (QED) is 0.491. The largest absolute Gasteiger partial charge is 0.477 e. The van der Waals surface area contributed by atoms with Crippen LogP contribution in [0.1, 0.15) is 39.5 Å². The summed E-state index contributed by atoms with van der Waals surface area (Å²) >= 11 is 0. The molecule has 0 rings (SSSR count). The number of carboxylic acids is 1. The first-order chi connectivity index (χ1) is 5.72. The molecule has 12 heavy (non-hydrogen) atoms. The van der Waals surface area contributed by atoms with Crippen LogP contribution in [0.15, 0.2) is 4.99 Å². The van der Waals surface area contributed by atoms with Crippen LogP contribution in [0.3, 0.4) is 0 Å². The molecule has 70 valence electrons. The second kappa shape index (κ2) is 6.83. The minimum absolute atomic E-state index is 0.297. The first kappa shape index (κ1) is 11.1. The molecule has 0 saturated heterocycles. The minimum atomic E-state index is -0.881. The number of nitrogens with zero attached hydrogens (tertiary/aromatic N) is 1. The maximum atomic E-state index is 10.5. The first-order valence-corrected chi connectivity index (χ1v) is 4.49. The zero-order valence-electron chi connectivity index (χ0n) is 7.84. The summed E-state index contributed by atoms with van der Waals surface area (Å²) in [6.45, 7) is 4.58. The molecule has 0 amide bonds. The van der Waals surface area contributed by atoms with Crippen LogP contribution in [-0.2, 0) is 4.79 Å². The Hall–Kier alpha value is -0.860. The van der Waals surface area contributed by atoms with E-state index in [0.717, 1.165) is 19.3 Å². The van der Waals surface area contributed by atoms with E-state index in [-0.39, 0.29) is 0 Å². The summed E-state index contributed by atoms with van der Waals surface area (Å²) in [5.74, 6) is -0.881. The lowest BCUT2D eigenvalue weighted by molar-refractivity contribution is -0.129. The molecule has 0 fully saturated rings. The van der Waals surface area contributed by atoms with Crippen molar-refractivity contribution in [3.8, 4) is 0 Å². The lowest BCUT2D eigenvalue weighted by atomic mass is 10.2. The van der Waals surface area contributed by atoms with Crippen LogP contribution in [0.25, 0.3) is 0 Å². The van der Waals surface area contributed by atoms with E-state index in [2.05, 4.69) is 11.9 Å². The third kappa shape index (κ3) is 4.88. The Kier molecular flexibility index (Phi) is 6.34. The molecule has 0 heterocycles. The number of hydrogen-bond acceptors (Lipinski definition) is 2. The van der Waals surface area contributed by atoms with Crippen molar-refractivity contribution in [2.75, 3.05) is 6.54 Å². The fourth-order valence-corrected chi connectivity index (χ4v) is 0.906. The van der Waals surface area contributed by atoms with Crippen LogP contribution in [0.5, 0.6) is 0 Å². The van der Waals surface area contributed by atoms with Gasteiger partial charge in [0.1, 0.15) is 5.71 Å². The minimum Gasteiger partial charge on any atom is -0.477 e. The number of carbonyl (C=O) groups is 1.